The number of hydrogen-bond acceptors (Lipinski definition) is 5. The second kappa shape index (κ2) is 6.92. The highest BCUT2D eigenvalue weighted by Crippen LogP contribution is 2.24. The molecular formula is C15H20N2O4S2. The third kappa shape index (κ3) is 5.54. The minimum absolute atomic E-state index is 0.00180. The zero-order chi connectivity index (χ0) is 17.1. The minimum Gasteiger partial charge on any atom is -0.349 e. The first-order valence-corrected chi connectivity index (χ1v) is 10.0. The number of amides is 2. The topological polar surface area (TPSA) is 92.3 Å². The van der Waals surface area contributed by atoms with E-state index >= 15 is 0 Å². The first-order valence-electron chi connectivity index (χ1n) is 7.19. The zero-order valence-corrected chi connectivity index (χ0v) is 14.7. The average Bonchev–Trinajstić information content (AvgIpc) is 2.71. The van der Waals surface area contributed by atoms with E-state index in [-0.39, 0.29) is 29.1 Å². The van der Waals surface area contributed by atoms with Gasteiger partial charge in [0.1, 0.15) is 0 Å². The van der Waals surface area contributed by atoms with Crippen molar-refractivity contribution >= 4 is 39.1 Å². The quantitative estimate of drug-likeness (QED) is 0.779. The van der Waals surface area contributed by atoms with Gasteiger partial charge < -0.3 is 10.6 Å². The van der Waals surface area contributed by atoms with Crippen LogP contribution in [0.1, 0.15) is 20.3 Å². The molecule has 6 nitrogen and oxygen atoms in total. The first-order chi connectivity index (χ1) is 10.7. The van der Waals surface area contributed by atoms with Crippen LogP contribution in [0.4, 0.5) is 5.69 Å². The van der Waals surface area contributed by atoms with Crippen molar-refractivity contribution in [2.24, 2.45) is 0 Å². The zero-order valence-electron chi connectivity index (χ0n) is 13.1. The molecule has 1 heterocycles. The van der Waals surface area contributed by atoms with Crippen LogP contribution in [0.5, 0.6) is 0 Å². The Labute approximate surface area is 140 Å². The summed E-state index contributed by atoms with van der Waals surface area (Å²) >= 11 is 1.36. The lowest BCUT2D eigenvalue weighted by molar-refractivity contribution is -0.120. The van der Waals surface area contributed by atoms with Gasteiger partial charge in [-0.1, -0.05) is 0 Å². The molecule has 0 aliphatic carbocycles. The van der Waals surface area contributed by atoms with Crippen molar-refractivity contribution in [2.45, 2.75) is 30.7 Å². The smallest absolute Gasteiger partial charge is 0.230 e. The van der Waals surface area contributed by atoms with E-state index in [2.05, 4.69) is 10.6 Å². The Hall–Kier alpha value is -1.54. The lowest BCUT2D eigenvalue weighted by Gasteiger charge is -2.23. The highest BCUT2D eigenvalue weighted by Gasteiger charge is 2.39. The summed E-state index contributed by atoms with van der Waals surface area (Å²) in [4.78, 5) is 23.9. The third-order valence-electron chi connectivity index (χ3n) is 3.49. The van der Waals surface area contributed by atoms with Gasteiger partial charge in [0.05, 0.1) is 22.8 Å². The molecule has 1 aliphatic heterocycles. The van der Waals surface area contributed by atoms with Crippen molar-refractivity contribution < 1.29 is 18.0 Å². The molecule has 0 spiro atoms. The van der Waals surface area contributed by atoms with Gasteiger partial charge in [-0.25, -0.2) is 8.42 Å². The van der Waals surface area contributed by atoms with Crippen LogP contribution >= 0.6 is 11.8 Å². The van der Waals surface area contributed by atoms with Crippen molar-refractivity contribution in [2.75, 3.05) is 22.6 Å². The standard InChI is InChI=1S/C15H20N2O4S2/c1-11(18)16-12-3-5-13(6-4-12)22-9-14(19)17-15(2)7-8-23(20,21)10-15/h3-6H,7-10H2,1-2H3,(H,16,18)(H,17,19)/t15-/m1/s1. The number of rotatable bonds is 5. The van der Waals surface area contributed by atoms with Crippen LogP contribution < -0.4 is 10.6 Å². The Morgan fingerprint density at radius 1 is 1.26 bits per heavy atom. The molecule has 2 amide bonds. The lowest BCUT2D eigenvalue weighted by Crippen LogP contribution is -2.47. The predicted molar refractivity (Wildman–Crippen MR) is 91.3 cm³/mol. The SMILES string of the molecule is CC(=O)Nc1ccc(SCC(=O)N[C@]2(C)CCS(=O)(=O)C2)cc1. The molecule has 0 unspecified atom stereocenters. The Kier molecular flexibility index (Phi) is 5.36. The number of anilines is 1. The molecule has 2 rings (SSSR count). The Bertz CT molecular complexity index is 701. The number of benzene rings is 1. The molecule has 1 aromatic rings. The van der Waals surface area contributed by atoms with Gasteiger partial charge in [-0.15, -0.1) is 11.8 Å². The maximum absolute atomic E-state index is 12.0. The van der Waals surface area contributed by atoms with Crippen molar-refractivity contribution in [3.63, 3.8) is 0 Å². The maximum Gasteiger partial charge on any atom is 0.230 e. The molecule has 1 fully saturated rings. The van der Waals surface area contributed by atoms with Crippen molar-refractivity contribution in [3.8, 4) is 0 Å². The van der Waals surface area contributed by atoms with E-state index in [1.807, 2.05) is 12.1 Å². The van der Waals surface area contributed by atoms with Crippen molar-refractivity contribution in [1.82, 2.24) is 5.32 Å². The number of sulfone groups is 1. The molecule has 1 atom stereocenters. The first kappa shape index (κ1) is 17.8. The summed E-state index contributed by atoms with van der Waals surface area (Å²) in [6.07, 6.45) is 0.456. The van der Waals surface area contributed by atoms with Crippen LogP contribution in [0.25, 0.3) is 0 Å². The van der Waals surface area contributed by atoms with Crippen LogP contribution in [0.2, 0.25) is 0 Å². The minimum atomic E-state index is -3.04. The summed E-state index contributed by atoms with van der Waals surface area (Å²) in [5, 5.41) is 5.50. The number of thioether (sulfide) groups is 1. The number of carbonyl (C=O) groups is 2. The summed E-state index contributed by atoms with van der Waals surface area (Å²) in [5.41, 5.74) is 0.0427. The lowest BCUT2D eigenvalue weighted by atomic mass is 10.0. The van der Waals surface area contributed by atoms with Gasteiger partial charge in [0.25, 0.3) is 0 Å². The molecule has 126 valence electrons. The van der Waals surface area contributed by atoms with Gasteiger partial charge in [0.15, 0.2) is 9.84 Å². The molecule has 0 bridgehead atoms. The van der Waals surface area contributed by atoms with Crippen LogP contribution in [0.15, 0.2) is 29.2 Å². The second-order valence-corrected chi connectivity index (χ2v) is 9.18. The van der Waals surface area contributed by atoms with E-state index in [4.69, 9.17) is 0 Å². The molecule has 0 radical (unpaired) electrons. The van der Waals surface area contributed by atoms with Gasteiger partial charge in [-0.2, -0.15) is 0 Å². The molecule has 0 aromatic heterocycles. The molecule has 1 aliphatic rings. The fraction of sp³-hybridized carbons (Fsp3) is 0.467. The van der Waals surface area contributed by atoms with Crippen molar-refractivity contribution in [1.29, 1.82) is 0 Å². The van der Waals surface area contributed by atoms with E-state index < -0.39 is 15.4 Å². The van der Waals surface area contributed by atoms with Crippen LogP contribution in [-0.2, 0) is 19.4 Å². The number of hydrogen-bond donors (Lipinski definition) is 2. The summed E-state index contributed by atoms with van der Waals surface area (Å²) in [6, 6.07) is 7.19. The molecule has 23 heavy (non-hydrogen) atoms. The van der Waals surface area contributed by atoms with E-state index in [1.54, 1.807) is 19.1 Å². The maximum atomic E-state index is 12.0. The van der Waals surface area contributed by atoms with E-state index in [9.17, 15) is 18.0 Å². The van der Waals surface area contributed by atoms with Crippen LogP contribution in [0, 0.1) is 0 Å². The van der Waals surface area contributed by atoms with Gasteiger partial charge in [0, 0.05) is 17.5 Å². The third-order valence-corrected chi connectivity index (χ3v) is 6.40. The number of carbonyl (C=O) groups excluding carboxylic acids is 2. The molecule has 8 heteroatoms. The van der Waals surface area contributed by atoms with E-state index in [1.165, 1.54) is 18.7 Å². The van der Waals surface area contributed by atoms with Gasteiger partial charge in [-0.3, -0.25) is 9.59 Å². The monoisotopic (exact) mass is 356 g/mol. The van der Waals surface area contributed by atoms with Crippen LogP contribution in [-0.4, -0.2) is 43.0 Å². The van der Waals surface area contributed by atoms with Gasteiger partial charge in [0.2, 0.25) is 11.8 Å². The van der Waals surface area contributed by atoms with E-state index in [0.717, 1.165) is 4.90 Å². The van der Waals surface area contributed by atoms with Gasteiger partial charge in [-0.05, 0) is 37.6 Å². The fourth-order valence-corrected chi connectivity index (χ4v) is 5.26. The molecule has 0 saturated carbocycles. The Balaban J connectivity index is 1.84. The largest absolute Gasteiger partial charge is 0.349 e. The Morgan fingerprint density at radius 3 is 2.43 bits per heavy atom. The molecule has 1 aromatic carbocycles. The van der Waals surface area contributed by atoms with Gasteiger partial charge >= 0.3 is 0 Å². The second-order valence-electron chi connectivity index (χ2n) is 5.95. The summed E-state index contributed by atoms with van der Waals surface area (Å²) in [6.45, 7) is 3.21. The van der Waals surface area contributed by atoms with Crippen LogP contribution in [0.3, 0.4) is 0 Å². The van der Waals surface area contributed by atoms with Crippen molar-refractivity contribution in [3.05, 3.63) is 24.3 Å². The normalized spacial score (nSPS) is 22.5. The number of nitrogens with one attached hydrogen (secondary N) is 2. The highest BCUT2D eigenvalue weighted by molar-refractivity contribution is 8.00. The highest BCUT2D eigenvalue weighted by atomic mass is 32.2. The summed E-state index contributed by atoms with van der Waals surface area (Å²) in [5.74, 6) is 0.0310. The summed E-state index contributed by atoms with van der Waals surface area (Å²) < 4.78 is 23.1. The molecule has 1 saturated heterocycles. The summed E-state index contributed by atoms with van der Waals surface area (Å²) in [7, 11) is -3.04. The average molecular weight is 356 g/mol. The van der Waals surface area contributed by atoms with E-state index in [0.29, 0.717) is 12.1 Å². The molecular weight excluding hydrogens is 336 g/mol. The predicted octanol–water partition coefficient (Wildman–Crippen LogP) is 1.43. The molecule has 2 N–H and O–H groups in total. The Morgan fingerprint density at radius 2 is 1.91 bits per heavy atom. The fourth-order valence-electron chi connectivity index (χ4n) is 2.47.